The maximum atomic E-state index is 11.7. The summed E-state index contributed by atoms with van der Waals surface area (Å²) in [6.07, 6.45) is 4.05. The van der Waals surface area contributed by atoms with Crippen LogP contribution in [0.3, 0.4) is 0 Å². The van der Waals surface area contributed by atoms with Gasteiger partial charge in [-0.15, -0.1) is 10.2 Å². The molecule has 0 aromatic carbocycles. The summed E-state index contributed by atoms with van der Waals surface area (Å²) in [6, 6.07) is 2.19. The predicted octanol–water partition coefficient (Wildman–Crippen LogP) is 1.64. The zero-order chi connectivity index (χ0) is 13.2. The van der Waals surface area contributed by atoms with Crippen molar-refractivity contribution >= 4 is 23.5 Å². The van der Waals surface area contributed by atoms with E-state index in [4.69, 9.17) is 4.52 Å². The van der Waals surface area contributed by atoms with E-state index in [0.717, 1.165) is 18.0 Å². The van der Waals surface area contributed by atoms with Gasteiger partial charge in [-0.3, -0.25) is 4.79 Å². The van der Waals surface area contributed by atoms with Crippen LogP contribution in [0, 0.1) is 6.92 Å². The molecule has 0 aliphatic heterocycles. The molecule has 2 aromatic heterocycles. The van der Waals surface area contributed by atoms with Gasteiger partial charge in [-0.2, -0.15) is 0 Å². The maximum Gasteiger partial charge on any atom is 0.236 e. The van der Waals surface area contributed by atoms with Crippen molar-refractivity contribution in [3.63, 3.8) is 0 Å². The molecule has 7 nitrogen and oxygen atoms in total. The molecular formula is C11H13N5O2S. The van der Waals surface area contributed by atoms with Crippen LogP contribution in [0.15, 0.2) is 22.1 Å². The molecule has 1 N–H and O–H groups in total. The number of hydrogen-bond acceptors (Lipinski definition) is 6. The van der Waals surface area contributed by atoms with Crippen LogP contribution in [0.25, 0.3) is 0 Å². The molecule has 100 valence electrons. The smallest absolute Gasteiger partial charge is 0.236 e. The Hall–Kier alpha value is -1.83. The first-order valence-electron chi connectivity index (χ1n) is 5.98. The fourth-order valence-corrected chi connectivity index (χ4v) is 2.46. The SMILES string of the molecule is Cc1cc(NC(=O)CSc2nncn2C2CC2)no1. The summed E-state index contributed by atoms with van der Waals surface area (Å²) in [7, 11) is 0. The average molecular weight is 279 g/mol. The Kier molecular flexibility index (Phi) is 3.24. The second kappa shape index (κ2) is 5.04. The van der Waals surface area contributed by atoms with Gasteiger partial charge in [-0.05, 0) is 19.8 Å². The minimum atomic E-state index is -0.136. The van der Waals surface area contributed by atoms with Crippen molar-refractivity contribution in [1.82, 2.24) is 19.9 Å². The molecule has 3 rings (SSSR count). The Bertz CT molecular complexity index is 589. The molecule has 1 amide bonds. The highest BCUT2D eigenvalue weighted by Gasteiger charge is 2.26. The van der Waals surface area contributed by atoms with Crippen LogP contribution < -0.4 is 5.32 Å². The number of carbonyl (C=O) groups excluding carboxylic acids is 1. The average Bonchev–Trinajstić information content (AvgIpc) is 2.98. The molecule has 0 radical (unpaired) electrons. The van der Waals surface area contributed by atoms with Crippen LogP contribution in [0.4, 0.5) is 5.82 Å². The first-order chi connectivity index (χ1) is 9.22. The highest BCUT2D eigenvalue weighted by atomic mass is 32.2. The molecule has 1 aliphatic rings. The van der Waals surface area contributed by atoms with Crippen molar-refractivity contribution < 1.29 is 9.32 Å². The van der Waals surface area contributed by atoms with Crippen LogP contribution >= 0.6 is 11.8 Å². The standard InChI is InChI=1S/C11H13N5O2S/c1-7-4-9(15-18-7)13-10(17)5-19-11-14-12-6-16(11)8-2-3-8/h4,6,8H,2-3,5H2,1H3,(H,13,15,17). The molecule has 1 saturated carbocycles. The van der Waals surface area contributed by atoms with Crippen molar-refractivity contribution in [3.05, 3.63) is 18.2 Å². The third kappa shape index (κ3) is 2.95. The summed E-state index contributed by atoms with van der Waals surface area (Å²) in [6.45, 7) is 1.77. The fourth-order valence-electron chi connectivity index (χ4n) is 1.67. The largest absolute Gasteiger partial charge is 0.360 e. The Morgan fingerprint density at radius 3 is 3.16 bits per heavy atom. The molecule has 2 aromatic rings. The van der Waals surface area contributed by atoms with E-state index in [-0.39, 0.29) is 11.7 Å². The highest BCUT2D eigenvalue weighted by molar-refractivity contribution is 7.99. The van der Waals surface area contributed by atoms with E-state index in [9.17, 15) is 4.79 Å². The van der Waals surface area contributed by atoms with Crippen LogP contribution in [-0.4, -0.2) is 31.6 Å². The number of nitrogens with zero attached hydrogens (tertiary/aromatic N) is 4. The van der Waals surface area contributed by atoms with Gasteiger partial charge in [0.1, 0.15) is 12.1 Å². The van der Waals surface area contributed by atoms with E-state index in [0.29, 0.717) is 17.6 Å². The number of carbonyl (C=O) groups is 1. The quantitative estimate of drug-likeness (QED) is 0.837. The van der Waals surface area contributed by atoms with Gasteiger partial charge < -0.3 is 14.4 Å². The van der Waals surface area contributed by atoms with Crippen molar-refractivity contribution in [2.24, 2.45) is 0 Å². The number of rotatable bonds is 5. The lowest BCUT2D eigenvalue weighted by Crippen LogP contribution is -2.14. The summed E-state index contributed by atoms with van der Waals surface area (Å²) in [4.78, 5) is 11.7. The van der Waals surface area contributed by atoms with Crippen molar-refractivity contribution in [2.75, 3.05) is 11.1 Å². The maximum absolute atomic E-state index is 11.7. The Morgan fingerprint density at radius 1 is 1.63 bits per heavy atom. The van der Waals surface area contributed by atoms with E-state index in [1.165, 1.54) is 11.8 Å². The third-order valence-corrected chi connectivity index (χ3v) is 3.67. The van der Waals surface area contributed by atoms with Gasteiger partial charge in [0.15, 0.2) is 11.0 Å². The third-order valence-electron chi connectivity index (χ3n) is 2.71. The van der Waals surface area contributed by atoms with Gasteiger partial charge in [0.2, 0.25) is 5.91 Å². The number of thioether (sulfide) groups is 1. The predicted molar refractivity (Wildman–Crippen MR) is 68.9 cm³/mol. The molecule has 8 heteroatoms. The lowest BCUT2D eigenvalue weighted by atomic mass is 10.5. The van der Waals surface area contributed by atoms with Gasteiger partial charge in [0, 0.05) is 12.1 Å². The number of aromatic nitrogens is 4. The molecule has 1 fully saturated rings. The molecule has 0 saturated heterocycles. The minimum absolute atomic E-state index is 0.136. The number of nitrogens with one attached hydrogen (secondary N) is 1. The normalized spacial score (nSPS) is 14.6. The van der Waals surface area contributed by atoms with E-state index >= 15 is 0 Å². The van der Waals surface area contributed by atoms with Crippen LogP contribution in [0.2, 0.25) is 0 Å². The molecule has 0 atom stereocenters. The molecule has 0 spiro atoms. The lowest BCUT2D eigenvalue weighted by molar-refractivity contribution is -0.113. The van der Waals surface area contributed by atoms with E-state index in [1.54, 1.807) is 19.3 Å². The van der Waals surface area contributed by atoms with Gasteiger partial charge in [0.05, 0.1) is 5.75 Å². The zero-order valence-electron chi connectivity index (χ0n) is 10.4. The van der Waals surface area contributed by atoms with Gasteiger partial charge >= 0.3 is 0 Å². The molecule has 0 unspecified atom stereocenters. The Balaban J connectivity index is 1.54. The van der Waals surface area contributed by atoms with Gasteiger partial charge in [-0.25, -0.2) is 0 Å². The molecular weight excluding hydrogens is 266 g/mol. The monoisotopic (exact) mass is 279 g/mol. The first-order valence-corrected chi connectivity index (χ1v) is 6.96. The second-order valence-corrected chi connectivity index (χ2v) is 5.35. The van der Waals surface area contributed by atoms with E-state index in [2.05, 4.69) is 20.7 Å². The summed E-state index contributed by atoms with van der Waals surface area (Å²) in [5.41, 5.74) is 0. The number of hydrogen-bond donors (Lipinski definition) is 1. The number of anilines is 1. The summed E-state index contributed by atoms with van der Waals surface area (Å²) in [5.74, 6) is 1.24. The first kappa shape index (κ1) is 12.2. The van der Waals surface area contributed by atoms with Gasteiger partial charge in [-0.1, -0.05) is 16.9 Å². The molecule has 2 heterocycles. The molecule has 0 bridgehead atoms. The molecule has 1 aliphatic carbocycles. The highest BCUT2D eigenvalue weighted by Crippen LogP contribution is 2.37. The summed E-state index contributed by atoms with van der Waals surface area (Å²) < 4.78 is 6.90. The minimum Gasteiger partial charge on any atom is -0.360 e. The Labute approximate surface area is 113 Å². The fraction of sp³-hybridized carbons (Fsp3) is 0.455. The van der Waals surface area contributed by atoms with E-state index < -0.39 is 0 Å². The number of amides is 1. The van der Waals surface area contributed by atoms with Crippen LogP contribution in [0.1, 0.15) is 24.6 Å². The summed E-state index contributed by atoms with van der Waals surface area (Å²) >= 11 is 1.38. The van der Waals surface area contributed by atoms with Crippen molar-refractivity contribution in [3.8, 4) is 0 Å². The van der Waals surface area contributed by atoms with Crippen molar-refractivity contribution in [2.45, 2.75) is 31.0 Å². The van der Waals surface area contributed by atoms with E-state index in [1.807, 2.05) is 4.57 Å². The van der Waals surface area contributed by atoms with Crippen LogP contribution in [-0.2, 0) is 4.79 Å². The van der Waals surface area contributed by atoms with Crippen LogP contribution in [0.5, 0.6) is 0 Å². The second-order valence-electron chi connectivity index (χ2n) is 4.41. The lowest BCUT2D eigenvalue weighted by Gasteiger charge is -2.03. The number of aryl methyl sites for hydroxylation is 1. The zero-order valence-corrected chi connectivity index (χ0v) is 11.2. The van der Waals surface area contributed by atoms with Gasteiger partial charge in [0.25, 0.3) is 0 Å². The Morgan fingerprint density at radius 2 is 2.47 bits per heavy atom. The molecule has 19 heavy (non-hydrogen) atoms. The van der Waals surface area contributed by atoms with Crippen molar-refractivity contribution in [1.29, 1.82) is 0 Å². The summed E-state index contributed by atoms with van der Waals surface area (Å²) in [5, 5.41) is 15.1. The topological polar surface area (TPSA) is 85.8 Å².